The zero-order valence-corrected chi connectivity index (χ0v) is 17.5. The highest BCUT2D eigenvalue weighted by Crippen LogP contribution is 2.52. The maximum atomic E-state index is 12.3. The number of hydrogen-bond donors (Lipinski definition) is 5. The Morgan fingerprint density at radius 2 is 1.67 bits per heavy atom. The van der Waals surface area contributed by atoms with Gasteiger partial charge in [-0.25, -0.2) is 9.79 Å². The third-order valence-corrected chi connectivity index (χ3v) is 6.79. The van der Waals surface area contributed by atoms with Gasteiger partial charge >= 0.3 is 0 Å². The van der Waals surface area contributed by atoms with Crippen LogP contribution in [0.1, 0.15) is 52.9 Å². The van der Waals surface area contributed by atoms with Crippen LogP contribution < -0.4 is 16.4 Å². The Hall–Kier alpha value is -1.08. The molecule has 0 saturated heterocycles. The quantitative estimate of drug-likeness (QED) is 0.337. The molecule has 1 aliphatic rings. The highest BCUT2D eigenvalue weighted by atomic mass is 31.2. The number of carbonyl (C=O) groups is 3. The molecule has 0 aromatic heterocycles. The standard InChI is InChI=1S/C18H34N3O5P/c1-12(2)16(21-17(23)13(3)19)18(24)20-9-15(22)11-27(25,26)10-14-7-5-4-6-8-14/h12-14,16,25-26H,4-11,19H2,1-3H3,(H-,20,21,23,24)/p+1/t13-,16-/m0/s1. The fourth-order valence-electron chi connectivity index (χ4n) is 3.30. The van der Waals surface area contributed by atoms with Crippen molar-refractivity contribution >= 4 is 25.3 Å². The monoisotopic (exact) mass is 404 g/mol. The van der Waals surface area contributed by atoms with E-state index in [9.17, 15) is 24.2 Å². The Morgan fingerprint density at radius 3 is 2.19 bits per heavy atom. The molecule has 0 spiro atoms. The molecule has 0 heterocycles. The molecular formula is C18H35N3O5P+. The Kier molecular flexibility index (Phi) is 9.81. The largest absolute Gasteiger partial charge is 0.347 e. The second kappa shape index (κ2) is 11.1. The van der Waals surface area contributed by atoms with Crippen LogP contribution in [0, 0.1) is 11.8 Å². The van der Waals surface area contributed by atoms with E-state index >= 15 is 0 Å². The molecule has 156 valence electrons. The Balaban J connectivity index is 2.48. The topological polar surface area (TPSA) is 142 Å². The molecule has 1 aliphatic carbocycles. The summed E-state index contributed by atoms with van der Waals surface area (Å²) in [4.78, 5) is 56.6. The van der Waals surface area contributed by atoms with Crippen molar-refractivity contribution in [3.8, 4) is 0 Å². The van der Waals surface area contributed by atoms with Gasteiger partial charge in [-0.15, -0.1) is 0 Å². The van der Waals surface area contributed by atoms with Crippen molar-refractivity contribution in [1.82, 2.24) is 10.6 Å². The van der Waals surface area contributed by atoms with Gasteiger partial charge in [-0.3, -0.25) is 14.4 Å². The van der Waals surface area contributed by atoms with E-state index in [0.29, 0.717) is 0 Å². The Bertz CT molecular complexity index is 519. The summed E-state index contributed by atoms with van der Waals surface area (Å²) in [5, 5.41) is 5.05. The molecule has 2 amide bonds. The summed E-state index contributed by atoms with van der Waals surface area (Å²) in [7, 11) is -3.29. The molecule has 9 heteroatoms. The van der Waals surface area contributed by atoms with E-state index in [1.165, 1.54) is 13.3 Å². The molecule has 8 nitrogen and oxygen atoms in total. The minimum Gasteiger partial charge on any atom is -0.347 e. The molecule has 27 heavy (non-hydrogen) atoms. The Labute approximate surface area is 162 Å². The summed E-state index contributed by atoms with van der Waals surface area (Å²) in [5.41, 5.74) is 5.50. The molecule has 0 radical (unpaired) electrons. The van der Waals surface area contributed by atoms with E-state index in [1.54, 1.807) is 13.8 Å². The molecule has 0 bridgehead atoms. The second-order valence-corrected chi connectivity index (χ2v) is 10.4. The van der Waals surface area contributed by atoms with Crippen molar-refractivity contribution < 1.29 is 24.2 Å². The predicted molar refractivity (Wildman–Crippen MR) is 106 cm³/mol. The second-order valence-electron chi connectivity index (χ2n) is 8.00. The van der Waals surface area contributed by atoms with E-state index in [-0.39, 0.29) is 30.7 Å². The van der Waals surface area contributed by atoms with Crippen LogP contribution >= 0.6 is 7.72 Å². The molecule has 0 aliphatic heterocycles. The summed E-state index contributed by atoms with van der Waals surface area (Å²) >= 11 is 0. The number of carbonyl (C=O) groups excluding carboxylic acids is 3. The van der Waals surface area contributed by atoms with Crippen molar-refractivity contribution in [2.75, 3.05) is 18.9 Å². The number of ketones is 1. The molecule has 1 rings (SSSR count). The molecule has 1 saturated carbocycles. The van der Waals surface area contributed by atoms with E-state index in [1.807, 2.05) is 0 Å². The summed E-state index contributed by atoms with van der Waals surface area (Å²) in [6, 6.07) is -1.55. The van der Waals surface area contributed by atoms with Gasteiger partial charge in [0.05, 0.1) is 12.6 Å². The van der Waals surface area contributed by atoms with Crippen LogP contribution in [0.25, 0.3) is 0 Å². The van der Waals surface area contributed by atoms with E-state index < -0.39 is 37.4 Å². The lowest BCUT2D eigenvalue weighted by molar-refractivity contribution is -0.131. The first-order valence-corrected chi connectivity index (χ1v) is 11.8. The van der Waals surface area contributed by atoms with Crippen molar-refractivity contribution in [2.45, 2.75) is 65.0 Å². The van der Waals surface area contributed by atoms with Crippen LogP contribution in [-0.2, 0) is 14.4 Å². The van der Waals surface area contributed by atoms with Crippen molar-refractivity contribution in [3.63, 3.8) is 0 Å². The van der Waals surface area contributed by atoms with E-state index in [2.05, 4.69) is 10.6 Å². The van der Waals surface area contributed by atoms with Gasteiger partial charge in [0.15, 0.2) is 11.9 Å². The highest BCUT2D eigenvalue weighted by molar-refractivity contribution is 7.65. The van der Waals surface area contributed by atoms with Crippen LogP contribution in [0.2, 0.25) is 0 Å². The van der Waals surface area contributed by atoms with Gasteiger partial charge in [0.25, 0.3) is 7.72 Å². The summed E-state index contributed by atoms with van der Waals surface area (Å²) in [5.74, 6) is -1.27. The third-order valence-electron chi connectivity index (χ3n) is 4.83. The lowest BCUT2D eigenvalue weighted by Gasteiger charge is -2.24. The fraction of sp³-hybridized carbons (Fsp3) is 0.833. The van der Waals surface area contributed by atoms with Gasteiger partial charge in [-0.1, -0.05) is 33.1 Å². The van der Waals surface area contributed by atoms with Crippen molar-refractivity contribution in [2.24, 2.45) is 17.6 Å². The lowest BCUT2D eigenvalue weighted by Crippen LogP contribution is -2.53. The molecule has 0 unspecified atom stereocenters. The molecule has 0 aromatic rings. The molecule has 1 fully saturated rings. The van der Waals surface area contributed by atoms with Gasteiger partial charge in [-0.2, -0.15) is 0 Å². The zero-order chi connectivity index (χ0) is 20.6. The van der Waals surface area contributed by atoms with Gasteiger partial charge < -0.3 is 16.4 Å². The normalized spacial score (nSPS) is 18.0. The molecular weight excluding hydrogens is 369 g/mol. The SMILES string of the molecule is CC(C)[C@H](NC(=O)[C@H](C)N)C(=O)NCC(=O)C[P+](O)(O)CC1CCCCC1. The summed E-state index contributed by atoms with van der Waals surface area (Å²) < 4.78 is 0. The van der Waals surface area contributed by atoms with Crippen molar-refractivity contribution in [1.29, 1.82) is 0 Å². The zero-order valence-electron chi connectivity index (χ0n) is 16.6. The van der Waals surface area contributed by atoms with Crippen LogP contribution in [-0.4, -0.2) is 58.3 Å². The van der Waals surface area contributed by atoms with Gasteiger partial charge in [0.2, 0.25) is 11.8 Å². The maximum Gasteiger partial charge on any atom is 0.275 e. The average Bonchev–Trinajstić information content (AvgIpc) is 2.56. The van der Waals surface area contributed by atoms with Crippen molar-refractivity contribution in [3.05, 3.63) is 0 Å². The number of rotatable bonds is 10. The number of nitrogens with one attached hydrogen (secondary N) is 2. The first-order valence-electron chi connectivity index (χ1n) is 9.69. The first-order chi connectivity index (χ1) is 12.5. The van der Waals surface area contributed by atoms with Crippen LogP contribution in [0.4, 0.5) is 0 Å². The first kappa shape index (κ1) is 24.0. The molecule has 2 atom stereocenters. The van der Waals surface area contributed by atoms with E-state index in [0.717, 1.165) is 25.7 Å². The Morgan fingerprint density at radius 1 is 1.07 bits per heavy atom. The van der Waals surface area contributed by atoms with Crippen LogP contribution in [0.15, 0.2) is 0 Å². The minimum absolute atomic E-state index is 0.184. The third kappa shape index (κ3) is 9.10. The molecule has 0 aromatic carbocycles. The number of amides is 2. The summed E-state index contributed by atoms with van der Waals surface area (Å²) in [6.45, 7) is 4.78. The van der Waals surface area contributed by atoms with Gasteiger partial charge in [0, 0.05) is 0 Å². The van der Waals surface area contributed by atoms with Gasteiger partial charge in [-0.05, 0) is 31.6 Å². The molecule has 6 N–H and O–H groups in total. The predicted octanol–water partition coefficient (Wildman–Crippen LogP) is 0.572. The van der Waals surface area contributed by atoms with Crippen LogP contribution in [0.3, 0.4) is 0 Å². The van der Waals surface area contributed by atoms with E-state index in [4.69, 9.17) is 5.73 Å². The number of hydrogen-bond acceptors (Lipinski definition) is 6. The lowest BCUT2D eigenvalue weighted by atomic mass is 9.91. The fourth-order valence-corrected chi connectivity index (χ4v) is 5.30. The summed E-state index contributed by atoms with van der Waals surface area (Å²) in [6.07, 6.45) is 5.29. The minimum atomic E-state index is -3.29. The highest BCUT2D eigenvalue weighted by Gasteiger charge is 2.39. The van der Waals surface area contributed by atoms with Gasteiger partial charge in [0.1, 0.15) is 12.2 Å². The van der Waals surface area contributed by atoms with Crippen LogP contribution in [0.5, 0.6) is 0 Å². The number of nitrogens with two attached hydrogens (primary N) is 1. The smallest absolute Gasteiger partial charge is 0.275 e. The number of Topliss-reactive ketones (excluding diaryl/α,β-unsaturated/α-hetero) is 1. The average molecular weight is 404 g/mol. The maximum absolute atomic E-state index is 12.3.